The molecule has 1 aromatic rings. The molecule has 1 aliphatic carbocycles. The van der Waals surface area contributed by atoms with E-state index in [4.69, 9.17) is 4.74 Å². The fourth-order valence-corrected chi connectivity index (χ4v) is 3.53. The Morgan fingerprint density at radius 2 is 2.61 bits per heavy atom. The highest BCUT2D eigenvalue weighted by atomic mass is 32.2. The van der Waals surface area contributed by atoms with Crippen molar-refractivity contribution < 1.29 is 9.53 Å². The summed E-state index contributed by atoms with van der Waals surface area (Å²) in [5.41, 5.74) is -0.514. The first-order valence-corrected chi connectivity index (χ1v) is 7.10. The van der Waals surface area contributed by atoms with Crippen LogP contribution in [0.2, 0.25) is 0 Å². The van der Waals surface area contributed by atoms with E-state index in [0.29, 0.717) is 11.9 Å². The Morgan fingerprint density at radius 3 is 3.22 bits per heavy atom. The topological polar surface area (TPSA) is 67.0 Å². The van der Waals surface area contributed by atoms with Crippen LogP contribution in [0.25, 0.3) is 0 Å². The number of rotatable bonds is 5. The fraction of sp³-hybridized carbons (Fsp3) is 0.667. The minimum absolute atomic E-state index is 0.130. The number of hydrogen-bond acceptors (Lipinski definition) is 5. The molecule has 2 unspecified atom stereocenters. The molecule has 1 heterocycles. The molecule has 1 aromatic heterocycles. The number of hydrogen-bond donors (Lipinski definition) is 2. The molecule has 18 heavy (non-hydrogen) atoms. The molecule has 2 atom stereocenters. The fourth-order valence-electron chi connectivity index (χ4n) is 2.36. The number of nitrogens with zero attached hydrogens (tertiary/aromatic N) is 1. The van der Waals surface area contributed by atoms with E-state index in [1.807, 2.05) is 20.2 Å². The van der Waals surface area contributed by atoms with Gasteiger partial charge in [-0.1, -0.05) is 11.8 Å². The quantitative estimate of drug-likeness (QED) is 0.794. The normalized spacial score (nSPS) is 27.3. The molecule has 0 radical (unpaired) electrons. The number of H-pyrrole nitrogens is 1. The summed E-state index contributed by atoms with van der Waals surface area (Å²) in [7, 11) is 1.83. The van der Waals surface area contributed by atoms with Crippen molar-refractivity contribution in [1.29, 1.82) is 0 Å². The minimum Gasteiger partial charge on any atom is -0.465 e. The summed E-state index contributed by atoms with van der Waals surface area (Å²) in [6.07, 6.45) is 6.15. The second kappa shape index (κ2) is 5.75. The molecule has 1 saturated carbocycles. The molecule has 1 aliphatic rings. The van der Waals surface area contributed by atoms with Gasteiger partial charge in [-0.25, -0.2) is 4.98 Å². The van der Waals surface area contributed by atoms with E-state index in [-0.39, 0.29) is 5.97 Å². The van der Waals surface area contributed by atoms with Crippen molar-refractivity contribution in [3.05, 3.63) is 12.4 Å². The van der Waals surface area contributed by atoms with Gasteiger partial charge < -0.3 is 15.0 Å². The number of aromatic nitrogens is 2. The van der Waals surface area contributed by atoms with Crippen molar-refractivity contribution in [2.75, 3.05) is 13.7 Å². The van der Waals surface area contributed by atoms with Crippen molar-refractivity contribution in [2.24, 2.45) is 0 Å². The van der Waals surface area contributed by atoms with Crippen molar-refractivity contribution >= 4 is 17.7 Å². The average molecular weight is 269 g/mol. The van der Waals surface area contributed by atoms with E-state index in [1.165, 1.54) is 0 Å². The van der Waals surface area contributed by atoms with Gasteiger partial charge in [0.05, 0.1) is 6.61 Å². The van der Waals surface area contributed by atoms with Crippen LogP contribution in [-0.4, -0.2) is 40.4 Å². The van der Waals surface area contributed by atoms with Crippen LogP contribution < -0.4 is 5.32 Å². The zero-order chi connectivity index (χ0) is 13.0. The number of esters is 1. The van der Waals surface area contributed by atoms with Crippen LogP contribution in [0.5, 0.6) is 0 Å². The first-order valence-electron chi connectivity index (χ1n) is 6.22. The van der Waals surface area contributed by atoms with Crippen LogP contribution in [0.1, 0.15) is 26.2 Å². The molecule has 2 rings (SSSR count). The largest absolute Gasteiger partial charge is 0.465 e. The molecular formula is C12H19N3O2S. The number of thioether (sulfide) groups is 1. The second-order valence-electron chi connectivity index (χ2n) is 4.43. The lowest BCUT2D eigenvalue weighted by Crippen LogP contribution is -2.49. The van der Waals surface area contributed by atoms with Crippen LogP contribution in [0.3, 0.4) is 0 Å². The number of nitrogens with one attached hydrogen (secondary N) is 2. The smallest absolute Gasteiger partial charge is 0.326 e. The summed E-state index contributed by atoms with van der Waals surface area (Å²) >= 11 is 1.70. The van der Waals surface area contributed by atoms with Gasteiger partial charge >= 0.3 is 5.97 Å². The molecule has 0 aliphatic heterocycles. The maximum Gasteiger partial charge on any atom is 0.326 e. The molecule has 1 fully saturated rings. The van der Waals surface area contributed by atoms with E-state index in [1.54, 1.807) is 18.0 Å². The zero-order valence-electron chi connectivity index (χ0n) is 10.7. The second-order valence-corrected chi connectivity index (χ2v) is 5.72. The standard InChI is InChI=1S/C12H19N3O2S/c1-3-17-10(16)12(13-2)5-4-9(8-12)18-11-14-6-7-15-11/h6-7,9,13H,3-5,8H2,1-2H3,(H,14,15). The Balaban J connectivity index is 1.98. The summed E-state index contributed by atoms with van der Waals surface area (Å²) in [4.78, 5) is 19.3. The van der Waals surface area contributed by atoms with Crippen LogP contribution in [0, 0.1) is 0 Å². The SMILES string of the molecule is CCOC(=O)C1(NC)CCC(Sc2ncc[nH]2)C1. The Hall–Kier alpha value is -1.01. The number of likely N-dealkylation sites (N-methyl/N-ethyl adjacent to an activating group) is 1. The predicted molar refractivity (Wildman–Crippen MR) is 70.5 cm³/mol. The molecule has 0 spiro atoms. The van der Waals surface area contributed by atoms with Gasteiger partial charge in [0.1, 0.15) is 5.54 Å². The summed E-state index contributed by atoms with van der Waals surface area (Å²) in [5, 5.41) is 4.46. The number of ether oxygens (including phenoxy) is 1. The molecule has 100 valence electrons. The lowest BCUT2D eigenvalue weighted by Gasteiger charge is -2.26. The number of carbonyl (C=O) groups excluding carboxylic acids is 1. The third kappa shape index (κ3) is 2.70. The number of imidazole rings is 1. The van der Waals surface area contributed by atoms with Gasteiger partial charge in [-0.15, -0.1) is 0 Å². The van der Waals surface area contributed by atoms with Crippen LogP contribution >= 0.6 is 11.8 Å². The van der Waals surface area contributed by atoms with E-state index in [9.17, 15) is 4.79 Å². The van der Waals surface area contributed by atoms with E-state index in [0.717, 1.165) is 24.4 Å². The van der Waals surface area contributed by atoms with Crippen molar-refractivity contribution in [1.82, 2.24) is 15.3 Å². The molecule has 0 saturated heterocycles. The molecule has 0 bridgehead atoms. The molecule has 2 N–H and O–H groups in total. The molecular weight excluding hydrogens is 250 g/mol. The lowest BCUT2D eigenvalue weighted by molar-refractivity contribution is -0.150. The summed E-state index contributed by atoms with van der Waals surface area (Å²) < 4.78 is 5.17. The third-order valence-corrected chi connectivity index (χ3v) is 4.55. The van der Waals surface area contributed by atoms with Crippen LogP contribution in [0.15, 0.2) is 17.6 Å². The van der Waals surface area contributed by atoms with Gasteiger partial charge in [0.15, 0.2) is 5.16 Å². The highest BCUT2D eigenvalue weighted by Gasteiger charge is 2.45. The van der Waals surface area contributed by atoms with Crippen molar-refractivity contribution in [2.45, 2.75) is 42.1 Å². The maximum atomic E-state index is 12.0. The van der Waals surface area contributed by atoms with Crippen molar-refractivity contribution in [3.63, 3.8) is 0 Å². The Kier molecular flexibility index (Phi) is 4.29. The third-order valence-electron chi connectivity index (χ3n) is 3.37. The number of aromatic amines is 1. The zero-order valence-corrected chi connectivity index (χ0v) is 11.5. The van der Waals surface area contributed by atoms with Gasteiger partial charge in [-0.3, -0.25) is 4.79 Å². The van der Waals surface area contributed by atoms with Crippen LogP contribution in [-0.2, 0) is 9.53 Å². The monoisotopic (exact) mass is 269 g/mol. The van der Waals surface area contributed by atoms with Gasteiger partial charge in [0.2, 0.25) is 0 Å². The Labute approximate surface area is 111 Å². The highest BCUT2D eigenvalue weighted by Crippen LogP contribution is 2.39. The van der Waals surface area contributed by atoms with Gasteiger partial charge in [0.25, 0.3) is 0 Å². The molecule has 0 amide bonds. The molecule has 6 heteroatoms. The number of carbonyl (C=O) groups is 1. The van der Waals surface area contributed by atoms with E-state index >= 15 is 0 Å². The van der Waals surface area contributed by atoms with Crippen molar-refractivity contribution in [3.8, 4) is 0 Å². The van der Waals surface area contributed by atoms with E-state index < -0.39 is 5.54 Å². The average Bonchev–Trinajstić information content (AvgIpc) is 3.00. The summed E-state index contributed by atoms with van der Waals surface area (Å²) in [5.74, 6) is -0.130. The Bertz CT molecular complexity index is 396. The lowest BCUT2D eigenvalue weighted by atomic mass is 9.98. The Morgan fingerprint density at radius 1 is 1.78 bits per heavy atom. The maximum absolute atomic E-state index is 12.0. The van der Waals surface area contributed by atoms with Gasteiger partial charge in [-0.2, -0.15) is 0 Å². The minimum atomic E-state index is -0.514. The molecule has 5 nitrogen and oxygen atoms in total. The summed E-state index contributed by atoms with van der Waals surface area (Å²) in [6.45, 7) is 2.27. The van der Waals surface area contributed by atoms with Gasteiger partial charge in [0, 0.05) is 17.6 Å². The van der Waals surface area contributed by atoms with Gasteiger partial charge in [-0.05, 0) is 33.2 Å². The first-order chi connectivity index (χ1) is 8.70. The van der Waals surface area contributed by atoms with Crippen LogP contribution in [0.4, 0.5) is 0 Å². The highest BCUT2D eigenvalue weighted by molar-refractivity contribution is 7.99. The predicted octanol–water partition coefficient (Wildman–Crippen LogP) is 1.58. The summed E-state index contributed by atoms with van der Waals surface area (Å²) in [6, 6.07) is 0. The van der Waals surface area contributed by atoms with E-state index in [2.05, 4.69) is 15.3 Å². The molecule has 0 aromatic carbocycles. The first kappa shape index (κ1) is 13.4.